The molecule has 0 radical (unpaired) electrons. The second-order valence-corrected chi connectivity index (χ2v) is 6.12. The highest BCUT2D eigenvalue weighted by atomic mass is 19.4. The summed E-state index contributed by atoms with van der Waals surface area (Å²) >= 11 is 0. The maximum atomic E-state index is 13.1. The molecule has 1 aliphatic carbocycles. The van der Waals surface area contributed by atoms with Gasteiger partial charge in [0.05, 0.1) is 11.3 Å². The summed E-state index contributed by atoms with van der Waals surface area (Å²) in [4.78, 5) is 3.88. The average Bonchev–Trinajstić information content (AvgIpc) is 3.06. The summed E-state index contributed by atoms with van der Waals surface area (Å²) in [6.45, 7) is 7.89. The highest BCUT2D eigenvalue weighted by Crippen LogP contribution is 2.35. The number of allylic oxidation sites excluding steroid dienone is 3. The quantitative estimate of drug-likeness (QED) is 0.633. The maximum absolute atomic E-state index is 13.1. The third-order valence-corrected chi connectivity index (χ3v) is 4.37. The molecule has 1 nitrogen and oxygen atoms in total. The van der Waals surface area contributed by atoms with Gasteiger partial charge in [-0.2, -0.15) is 13.2 Å². The fourth-order valence-corrected chi connectivity index (χ4v) is 2.95. The third-order valence-electron chi connectivity index (χ3n) is 4.37. The van der Waals surface area contributed by atoms with E-state index >= 15 is 0 Å². The van der Waals surface area contributed by atoms with Crippen molar-refractivity contribution in [3.63, 3.8) is 0 Å². The van der Waals surface area contributed by atoms with Crippen molar-refractivity contribution in [2.45, 2.75) is 25.4 Å². The Kier molecular flexibility index (Phi) is 4.62. The van der Waals surface area contributed by atoms with E-state index in [9.17, 15) is 13.2 Å². The highest BCUT2D eigenvalue weighted by molar-refractivity contribution is 5.72. The van der Waals surface area contributed by atoms with E-state index in [1.807, 2.05) is 6.07 Å². The summed E-state index contributed by atoms with van der Waals surface area (Å²) in [5, 5.41) is 0. The first kappa shape index (κ1) is 17.2. The van der Waals surface area contributed by atoms with Gasteiger partial charge in [0, 0.05) is 6.20 Å². The summed E-state index contributed by atoms with van der Waals surface area (Å²) in [6.07, 6.45) is 2.97. The molecular formula is C21H18F3N. The Bertz CT molecular complexity index is 860. The van der Waals surface area contributed by atoms with E-state index in [4.69, 9.17) is 0 Å². The van der Waals surface area contributed by atoms with Crippen LogP contribution in [0.3, 0.4) is 0 Å². The van der Waals surface area contributed by atoms with Crippen LogP contribution in [0.4, 0.5) is 13.2 Å². The molecule has 1 heterocycles. The smallest absolute Gasteiger partial charge is 0.256 e. The molecule has 0 fully saturated rings. The largest absolute Gasteiger partial charge is 0.418 e. The molecule has 0 saturated carbocycles. The van der Waals surface area contributed by atoms with Crippen molar-refractivity contribution in [2.24, 2.45) is 0 Å². The Morgan fingerprint density at radius 1 is 1.08 bits per heavy atom. The van der Waals surface area contributed by atoms with Gasteiger partial charge in [-0.05, 0) is 65.3 Å². The van der Waals surface area contributed by atoms with Crippen LogP contribution in [0.15, 0.2) is 55.8 Å². The number of benzene rings is 1. The van der Waals surface area contributed by atoms with Gasteiger partial charge >= 0.3 is 6.18 Å². The molecule has 4 heteroatoms. The predicted molar refractivity (Wildman–Crippen MR) is 95.7 cm³/mol. The van der Waals surface area contributed by atoms with Crippen molar-refractivity contribution >= 4 is 17.2 Å². The number of nitrogens with zero attached hydrogens (tertiary/aromatic N) is 1. The van der Waals surface area contributed by atoms with E-state index in [0.29, 0.717) is 18.4 Å². The molecule has 0 unspecified atom stereocenters. The standard InChI is InChI=1S/C21H18F3N/c1-14(17-11-10-16-5-3-6-18(16)13-17)8-9-15(2)20-19(21(22,23)24)7-4-12-25-20/h3-4,6-7,10-13H,1-2,5,8-9H2. The van der Waals surface area contributed by atoms with Crippen molar-refractivity contribution in [3.8, 4) is 0 Å². The van der Waals surface area contributed by atoms with Gasteiger partial charge < -0.3 is 0 Å². The van der Waals surface area contributed by atoms with Crippen molar-refractivity contribution in [2.75, 3.05) is 0 Å². The van der Waals surface area contributed by atoms with Gasteiger partial charge in [0.2, 0.25) is 0 Å². The van der Waals surface area contributed by atoms with Crippen molar-refractivity contribution < 1.29 is 13.2 Å². The van der Waals surface area contributed by atoms with Gasteiger partial charge in [-0.1, -0.05) is 37.4 Å². The zero-order valence-corrected chi connectivity index (χ0v) is 13.7. The molecule has 3 rings (SSSR count). The van der Waals surface area contributed by atoms with Gasteiger partial charge in [0.1, 0.15) is 0 Å². The van der Waals surface area contributed by atoms with Crippen molar-refractivity contribution in [1.82, 2.24) is 4.98 Å². The van der Waals surface area contributed by atoms with Gasteiger partial charge in [-0.3, -0.25) is 4.98 Å². The van der Waals surface area contributed by atoms with E-state index in [-0.39, 0.29) is 5.69 Å². The molecule has 0 atom stereocenters. The second kappa shape index (κ2) is 6.71. The van der Waals surface area contributed by atoms with E-state index in [1.54, 1.807) is 0 Å². The number of rotatable bonds is 5. The van der Waals surface area contributed by atoms with Crippen LogP contribution in [-0.4, -0.2) is 4.98 Å². The number of alkyl halides is 3. The summed E-state index contributed by atoms with van der Waals surface area (Å²) in [5.41, 5.74) is 3.90. The van der Waals surface area contributed by atoms with E-state index in [0.717, 1.165) is 23.6 Å². The first-order chi connectivity index (χ1) is 11.9. The molecule has 0 spiro atoms. The van der Waals surface area contributed by atoms with Crippen molar-refractivity contribution in [3.05, 3.63) is 83.7 Å². The molecule has 0 N–H and O–H groups in total. The Balaban J connectivity index is 1.71. The fourth-order valence-electron chi connectivity index (χ4n) is 2.95. The van der Waals surface area contributed by atoms with Gasteiger partial charge in [-0.25, -0.2) is 0 Å². The number of hydrogen-bond acceptors (Lipinski definition) is 1. The lowest BCUT2D eigenvalue weighted by molar-refractivity contribution is -0.138. The molecule has 0 saturated heterocycles. The van der Waals surface area contributed by atoms with Crippen LogP contribution >= 0.6 is 0 Å². The number of pyridine rings is 1. The molecule has 25 heavy (non-hydrogen) atoms. The first-order valence-corrected chi connectivity index (χ1v) is 8.04. The minimum absolute atomic E-state index is 0.0836. The van der Waals surface area contributed by atoms with Gasteiger partial charge in [0.15, 0.2) is 0 Å². The van der Waals surface area contributed by atoms with E-state index in [1.165, 1.54) is 23.4 Å². The zero-order valence-electron chi connectivity index (χ0n) is 13.7. The molecule has 0 bridgehead atoms. The normalized spacial score (nSPS) is 12.9. The molecule has 128 valence electrons. The molecular weight excluding hydrogens is 323 g/mol. The monoisotopic (exact) mass is 341 g/mol. The molecule has 0 amide bonds. The van der Waals surface area contributed by atoms with Crippen LogP contribution in [0, 0.1) is 0 Å². The van der Waals surface area contributed by atoms with Crippen LogP contribution in [0.1, 0.15) is 40.8 Å². The van der Waals surface area contributed by atoms with Crippen LogP contribution in [0.5, 0.6) is 0 Å². The zero-order chi connectivity index (χ0) is 18.0. The molecule has 2 aromatic rings. The fraction of sp³-hybridized carbons (Fsp3) is 0.190. The summed E-state index contributed by atoms with van der Waals surface area (Å²) in [6, 6.07) is 8.49. The highest BCUT2D eigenvalue weighted by Gasteiger charge is 2.34. The lowest BCUT2D eigenvalue weighted by atomic mass is 9.95. The Morgan fingerprint density at radius 3 is 2.60 bits per heavy atom. The Labute approximate surface area is 145 Å². The topological polar surface area (TPSA) is 12.9 Å². The van der Waals surface area contributed by atoms with Crippen LogP contribution in [-0.2, 0) is 12.6 Å². The van der Waals surface area contributed by atoms with Crippen LogP contribution < -0.4 is 0 Å². The maximum Gasteiger partial charge on any atom is 0.418 e. The number of halogens is 3. The molecule has 1 aromatic heterocycles. The first-order valence-electron chi connectivity index (χ1n) is 8.04. The van der Waals surface area contributed by atoms with E-state index < -0.39 is 11.7 Å². The SMILES string of the molecule is C=C(CCC(=C)c1ncccc1C(F)(F)F)c1ccc2c(c1)C=CC2. The minimum atomic E-state index is -4.43. The van der Waals surface area contributed by atoms with Crippen LogP contribution in [0.2, 0.25) is 0 Å². The summed E-state index contributed by atoms with van der Waals surface area (Å²) < 4.78 is 39.3. The molecule has 1 aromatic carbocycles. The van der Waals surface area contributed by atoms with Gasteiger partial charge in [0.25, 0.3) is 0 Å². The second-order valence-electron chi connectivity index (χ2n) is 6.12. The Morgan fingerprint density at radius 2 is 1.84 bits per heavy atom. The minimum Gasteiger partial charge on any atom is -0.256 e. The van der Waals surface area contributed by atoms with Crippen LogP contribution in [0.25, 0.3) is 17.2 Å². The summed E-state index contributed by atoms with van der Waals surface area (Å²) in [7, 11) is 0. The number of fused-ring (bicyclic) bond motifs is 1. The lowest BCUT2D eigenvalue weighted by Gasteiger charge is -2.14. The van der Waals surface area contributed by atoms with Gasteiger partial charge in [-0.15, -0.1) is 0 Å². The third kappa shape index (κ3) is 3.73. The van der Waals surface area contributed by atoms with Crippen molar-refractivity contribution in [1.29, 1.82) is 0 Å². The summed E-state index contributed by atoms with van der Waals surface area (Å²) in [5.74, 6) is 0. The molecule has 1 aliphatic rings. The average molecular weight is 341 g/mol. The lowest BCUT2D eigenvalue weighted by Crippen LogP contribution is -2.10. The predicted octanol–water partition coefficient (Wildman–Crippen LogP) is 6.18. The molecule has 0 aliphatic heterocycles. The number of aromatic nitrogens is 1. The Hall–Kier alpha value is -2.62. The number of hydrogen-bond donors (Lipinski definition) is 0. The van der Waals surface area contributed by atoms with E-state index in [2.05, 4.69) is 42.4 Å².